The Kier molecular flexibility index (Phi) is 4.62. The molecule has 7 heteroatoms. The second-order valence-corrected chi connectivity index (χ2v) is 5.11. The predicted molar refractivity (Wildman–Crippen MR) is 76.9 cm³/mol. The zero-order valence-electron chi connectivity index (χ0n) is 11.8. The molecule has 1 N–H and O–H groups in total. The average molecular weight is 294 g/mol. The third-order valence-corrected chi connectivity index (χ3v) is 3.73. The molecule has 0 aliphatic heterocycles. The lowest BCUT2D eigenvalue weighted by Gasteiger charge is -2.29. The Morgan fingerprint density at radius 3 is 2.62 bits per heavy atom. The zero-order chi connectivity index (χ0) is 15.4. The van der Waals surface area contributed by atoms with E-state index in [1.807, 2.05) is 0 Å². The van der Waals surface area contributed by atoms with Crippen molar-refractivity contribution in [3.8, 4) is 5.75 Å². The van der Waals surface area contributed by atoms with Crippen LogP contribution in [0.5, 0.6) is 5.75 Å². The number of ether oxygens (including phenoxy) is 1. The first-order chi connectivity index (χ1) is 10.0. The maximum Gasteiger partial charge on any atom is 0.323 e. The Morgan fingerprint density at radius 2 is 2.10 bits per heavy atom. The number of carbonyl (C=O) groups is 1. The lowest BCUT2D eigenvalue weighted by Crippen LogP contribution is -2.37. The van der Waals surface area contributed by atoms with Gasteiger partial charge in [0.1, 0.15) is 12.3 Å². The molecule has 2 rings (SSSR count). The largest absolute Gasteiger partial charge is 0.496 e. The van der Waals surface area contributed by atoms with Crippen LogP contribution in [0.25, 0.3) is 0 Å². The molecule has 0 bridgehead atoms. The van der Waals surface area contributed by atoms with Gasteiger partial charge in [0, 0.05) is 23.9 Å². The van der Waals surface area contributed by atoms with E-state index in [1.54, 1.807) is 11.0 Å². The second kappa shape index (κ2) is 6.43. The minimum absolute atomic E-state index is 0.0993. The predicted octanol–water partition coefficient (Wildman–Crippen LogP) is 2.44. The van der Waals surface area contributed by atoms with Crippen LogP contribution < -0.4 is 9.64 Å². The van der Waals surface area contributed by atoms with Gasteiger partial charge in [-0.3, -0.25) is 14.9 Å². The van der Waals surface area contributed by atoms with Gasteiger partial charge < -0.3 is 14.7 Å². The lowest BCUT2D eigenvalue weighted by molar-refractivity contribution is -0.384. The molecule has 0 saturated heterocycles. The molecule has 0 radical (unpaired) electrons. The standard InChI is InChI=1S/C14H18N2O5/c1-21-13-7-11(6-12(8-13)16(19)20)15(9-14(17)18)10-4-2-3-5-10/h6-8,10H,2-5,9H2,1H3,(H,17,18). The molecule has 1 fully saturated rings. The normalized spacial score (nSPS) is 14.9. The molecule has 7 nitrogen and oxygen atoms in total. The summed E-state index contributed by atoms with van der Waals surface area (Å²) in [6, 6.07) is 4.49. The van der Waals surface area contributed by atoms with Crippen LogP contribution in [0.3, 0.4) is 0 Å². The fourth-order valence-corrected chi connectivity index (χ4v) is 2.75. The molecule has 0 amide bonds. The van der Waals surface area contributed by atoms with Crippen LogP contribution in [-0.2, 0) is 4.79 Å². The summed E-state index contributed by atoms with van der Waals surface area (Å²) in [6.07, 6.45) is 3.90. The van der Waals surface area contributed by atoms with Gasteiger partial charge in [-0.25, -0.2) is 0 Å². The number of aliphatic carboxylic acids is 1. The summed E-state index contributed by atoms with van der Waals surface area (Å²) >= 11 is 0. The summed E-state index contributed by atoms with van der Waals surface area (Å²) in [5.74, 6) is -0.597. The Bertz CT molecular complexity index is 540. The summed E-state index contributed by atoms with van der Waals surface area (Å²) < 4.78 is 5.08. The van der Waals surface area contributed by atoms with Crippen LogP contribution in [0.2, 0.25) is 0 Å². The molecule has 1 aromatic carbocycles. The highest BCUT2D eigenvalue weighted by molar-refractivity contribution is 5.75. The second-order valence-electron chi connectivity index (χ2n) is 5.11. The highest BCUT2D eigenvalue weighted by atomic mass is 16.6. The molecule has 21 heavy (non-hydrogen) atoms. The molecule has 0 unspecified atom stereocenters. The number of hydrogen-bond acceptors (Lipinski definition) is 5. The lowest BCUT2D eigenvalue weighted by atomic mass is 10.1. The number of benzene rings is 1. The van der Waals surface area contributed by atoms with E-state index in [0.717, 1.165) is 25.7 Å². The van der Waals surface area contributed by atoms with Crippen LogP contribution in [0.15, 0.2) is 18.2 Å². The fraction of sp³-hybridized carbons (Fsp3) is 0.500. The molecule has 1 saturated carbocycles. The van der Waals surface area contributed by atoms with Crippen molar-refractivity contribution in [1.29, 1.82) is 0 Å². The molecular weight excluding hydrogens is 276 g/mol. The number of carboxylic acid groups (broad SMARTS) is 1. The SMILES string of the molecule is COc1cc(N(CC(=O)O)C2CCCC2)cc([N+](=O)[O-])c1. The summed E-state index contributed by atoms with van der Waals surface area (Å²) in [6.45, 7) is -0.172. The fourth-order valence-electron chi connectivity index (χ4n) is 2.75. The number of hydrogen-bond donors (Lipinski definition) is 1. The van der Waals surface area contributed by atoms with Crippen molar-refractivity contribution >= 4 is 17.3 Å². The Morgan fingerprint density at radius 1 is 1.43 bits per heavy atom. The monoisotopic (exact) mass is 294 g/mol. The van der Waals surface area contributed by atoms with Gasteiger partial charge in [0.25, 0.3) is 5.69 Å². The summed E-state index contributed by atoms with van der Waals surface area (Å²) in [5, 5.41) is 20.1. The van der Waals surface area contributed by atoms with Crippen molar-refractivity contribution in [3.05, 3.63) is 28.3 Å². The van der Waals surface area contributed by atoms with E-state index in [2.05, 4.69) is 0 Å². The number of carboxylic acids is 1. The van der Waals surface area contributed by atoms with Crippen LogP contribution in [0.1, 0.15) is 25.7 Å². The maximum absolute atomic E-state index is 11.1. The van der Waals surface area contributed by atoms with Gasteiger partial charge >= 0.3 is 5.97 Å². The Labute approximate surface area is 122 Å². The van der Waals surface area contributed by atoms with Crippen LogP contribution in [0.4, 0.5) is 11.4 Å². The van der Waals surface area contributed by atoms with E-state index in [9.17, 15) is 14.9 Å². The Hall–Kier alpha value is -2.31. The first-order valence-electron chi connectivity index (χ1n) is 6.83. The van der Waals surface area contributed by atoms with Gasteiger partial charge in [0.15, 0.2) is 0 Å². The summed E-state index contributed by atoms with van der Waals surface area (Å²) in [4.78, 5) is 23.3. The molecule has 1 aliphatic carbocycles. The highest BCUT2D eigenvalue weighted by Crippen LogP contribution is 2.33. The van der Waals surface area contributed by atoms with E-state index in [-0.39, 0.29) is 18.3 Å². The van der Waals surface area contributed by atoms with Gasteiger partial charge in [-0.1, -0.05) is 12.8 Å². The average Bonchev–Trinajstić information content (AvgIpc) is 2.97. The smallest absolute Gasteiger partial charge is 0.323 e. The molecule has 0 heterocycles. The highest BCUT2D eigenvalue weighted by Gasteiger charge is 2.26. The number of rotatable bonds is 6. The number of anilines is 1. The number of non-ortho nitro benzene ring substituents is 1. The van der Waals surface area contributed by atoms with Crippen LogP contribution in [0, 0.1) is 10.1 Å². The van der Waals surface area contributed by atoms with Crippen LogP contribution in [-0.4, -0.2) is 35.7 Å². The van der Waals surface area contributed by atoms with Crippen molar-refractivity contribution in [2.45, 2.75) is 31.7 Å². The van der Waals surface area contributed by atoms with Crippen LogP contribution >= 0.6 is 0 Å². The molecular formula is C14H18N2O5. The zero-order valence-corrected chi connectivity index (χ0v) is 11.8. The first kappa shape index (κ1) is 15.1. The van der Waals surface area contributed by atoms with Gasteiger partial charge in [-0.2, -0.15) is 0 Å². The number of nitro groups is 1. The molecule has 0 aromatic heterocycles. The maximum atomic E-state index is 11.1. The van der Waals surface area contributed by atoms with Crippen molar-refractivity contribution in [3.63, 3.8) is 0 Å². The van der Waals surface area contributed by atoms with Crippen molar-refractivity contribution in [2.24, 2.45) is 0 Å². The van der Waals surface area contributed by atoms with Crippen molar-refractivity contribution in [2.75, 3.05) is 18.6 Å². The van der Waals surface area contributed by atoms with Crippen molar-refractivity contribution < 1.29 is 19.6 Å². The topological polar surface area (TPSA) is 92.9 Å². The molecule has 1 aliphatic rings. The molecule has 0 spiro atoms. The van der Waals surface area contributed by atoms with E-state index >= 15 is 0 Å². The third kappa shape index (κ3) is 3.62. The molecule has 0 atom stereocenters. The summed E-state index contributed by atoms with van der Waals surface area (Å²) in [7, 11) is 1.43. The van der Waals surface area contributed by atoms with Gasteiger partial charge in [-0.15, -0.1) is 0 Å². The third-order valence-electron chi connectivity index (χ3n) is 3.73. The molecule has 1 aromatic rings. The van der Waals surface area contributed by atoms with E-state index < -0.39 is 10.9 Å². The Balaban J connectivity index is 2.39. The molecule has 114 valence electrons. The quantitative estimate of drug-likeness (QED) is 0.640. The number of nitrogens with zero attached hydrogens (tertiary/aromatic N) is 2. The van der Waals surface area contributed by atoms with Gasteiger partial charge in [-0.05, 0) is 12.8 Å². The number of nitro benzene ring substituents is 1. The van der Waals surface area contributed by atoms with Crippen molar-refractivity contribution in [1.82, 2.24) is 0 Å². The summed E-state index contributed by atoms with van der Waals surface area (Å²) in [5.41, 5.74) is 0.424. The van der Waals surface area contributed by atoms with Gasteiger partial charge in [0.05, 0.1) is 18.1 Å². The van der Waals surface area contributed by atoms with E-state index in [1.165, 1.54) is 19.2 Å². The number of methoxy groups -OCH3 is 1. The minimum atomic E-state index is -0.952. The van der Waals surface area contributed by atoms with E-state index in [0.29, 0.717) is 11.4 Å². The minimum Gasteiger partial charge on any atom is -0.496 e. The van der Waals surface area contributed by atoms with Gasteiger partial charge in [0.2, 0.25) is 0 Å². The first-order valence-corrected chi connectivity index (χ1v) is 6.83. The van der Waals surface area contributed by atoms with E-state index in [4.69, 9.17) is 9.84 Å².